The lowest BCUT2D eigenvalue weighted by Gasteiger charge is -2.31. The SMILES string of the molecule is COc1ccccc1Cn1cc(C(=O)NCCC2=CCCCC2)c(=O)c(C(=O)N2CCC[C@H](C)C2)c1. The number of piperidine rings is 1. The second-order valence-electron chi connectivity index (χ2n) is 10.0. The van der Waals surface area contributed by atoms with E-state index in [1.807, 2.05) is 24.3 Å². The van der Waals surface area contributed by atoms with Crippen molar-refractivity contribution in [1.82, 2.24) is 14.8 Å². The Morgan fingerprint density at radius 2 is 1.92 bits per heavy atom. The minimum atomic E-state index is -0.510. The van der Waals surface area contributed by atoms with E-state index in [2.05, 4.69) is 18.3 Å². The smallest absolute Gasteiger partial charge is 0.259 e. The highest BCUT2D eigenvalue weighted by Crippen LogP contribution is 2.21. The van der Waals surface area contributed by atoms with E-state index >= 15 is 0 Å². The van der Waals surface area contributed by atoms with E-state index < -0.39 is 11.3 Å². The summed E-state index contributed by atoms with van der Waals surface area (Å²) < 4.78 is 7.23. The van der Waals surface area contributed by atoms with Crippen LogP contribution in [0.5, 0.6) is 5.75 Å². The molecular formula is C29H37N3O4. The molecule has 1 aliphatic carbocycles. The molecule has 7 nitrogen and oxygen atoms in total. The number of carbonyl (C=O) groups is 2. The summed E-state index contributed by atoms with van der Waals surface area (Å²) >= 11 is 0. The zero-order valence-electron chi connectivity index (χ0n) is 21.4. The first kappa shape index (κ1) is 25.7. The lowest BCUT2D eigenvalue weighted by atomic mass is 9.97. The van der Waals surface area contributed by atoms with Crippen molar-refractivity contribution in [2.75, 3.05) is 26.7 Å². The van der Waals surface area contributed by atoms with Gasteiger partial charge in [0, 0.05) is 37.6 Å². The van der Waals surface area contributed by atoms with Crippen LogP contribution < -0.4 is 15.5 Å². The Hall–Kier alpha value is -3.35. The number of benzene rings is 1. The molecule has 2 aromatic rings. The van der Waals surface area contributed by atoms with Gasteiger partial charge in [-0.2, -0.15) is 0 Å². The maximum absolute atomic E-state index is 13.4. The summed E-state index contributed by atoms with van der Waals surface area (Å²) in [6.07, 6.45) is 12.7. The van der Waals surface area contributed by atoms with Crippen LogP contribution >= 0.6 is 0 Å². The van der Waals surface area contributed by atoms with Crippen LogP contribution in [0.15, 0.2) is 53.1 Å². The molecule has 0 bridgehead atoms. The van der Waals surface area contributed by atoms with Crippen molar-refractivity contribution < 1.29 is 14.3 Å². The molecule has 0 radical (unpaired) electrons. The Labute approximate surface area is 213 Å². The van der Waals surface area contributed by atoms with Gasteiger partial charge in [-0.1, -0.05) is 36.8 Å². The van der Waals surface area contributed by atoms with Gasteiger partial charge in [-0.25, -0.2) is 0 Å². The van der Waals surface area contributed by atoms with E-state index in [4.69, 9.17) is 4.74 Å². The monoisotopic (exact) mass is 491 g/mol. The molecule has 1 fully saturated rings. The quantitative estimate of drug-likeness (QED) is 0.555. The number of likely N-dealkylation sites (tertiary alicyclic amines) is 1. The Morgan fingerprint density at radius 1 is 1.11 bits per heavy atom. The van der Waals surface area contributed by atoms with Gasteiger partial charge in [-0.05, 0) is 56.9 Å². The second-order valence-corrected chi connectivity index (χ2v) is 10.0. The van der Waals surface area contributed by atoms with Crippen LogP contribution in [-0.4, -0.2) is 48.0 Å². The molecule has 1 atom stereocenters. The number of aromatic nitrogens is 1. The summed E-state index contributed by atoms with van der Waals surface area (Å²) in [5.74, 6) is 0.356. The minimum Gasteiger partial charge on any atom is -0.496 e. The number of hydrogen-bond donors (Lipinski definition) is 1. The van der Waals surface area contributed by atoms with E-state index in [-0.39, 0.29) is 17.0 Å². The summed E-state index contributed by atoms with van der Waals surface area (Å²) in [7, 11) is 1.61. The van der Waals surface area contributed by atoms with E-state index in [0.717, 1.165) is 37.7 Å². The predicted octanol–water partition coefficient (Wildman–Crippen LogP) is 4.40. The molecule has 192 valence electrons. The molecule has 7 heteroatoms. The summed E-state index contributed by atoms with van der Waals surface area (Å²) in [6.45, 7) is 4.20. The number of methoxy groups -OCH3 is 1. The Bertz CT molecular complexity index is 1180. The van der Waals surface area contributed by atoms with Crippen LogP contribution in [-0.2, 0) is 6.54 Å². The fraction of sp³-hybridized carbons (Fsp3) is 0.483. The Kier molecular flexibility index (Phi) is 8.62. The number of ether oxygens (including phenoxy) is 1. The van der Waals surface area contributed by atoms with Crippen molar-refractivity contribution in [2.45, 2.75) is 58.4 Å². The van der Waals surface area contributed by atoms with Crippen LogP contribution in [0.2, 0.25) is 0 Å². The van der Waals surface area contributed by atoms with Crippen molar-refractivity contribution in [2.24, 2.45) is 5.92 Å². The second kappa shape index (κ2) is 12.1. The fourth-order valence-corrected chi connectivity index (χ4v) is 5.17. The van der Waals surface area contributed by atoms with Crippen molar-refractivity contribution in [3.63, 3.8) is 0 Å². The highest BCUT2D eigenvalue weighted by Gasteiger charge is 2.26. The highest BCUT2D eigenvalue weighted by molar-refractivity contribution is 5.99. The zero-order valence-corrected chi connectivity index (χ0v) is 21.4. The average Bonchev–Trinajstić information content (AvgIpc) is 2.90. The Morgan fingerprint density at radius 3 is 2.67 bits per heavy atom. The van der Waals surface area contributed by atoms with Crippen LogP contribution in [0.25, 0.3) is 0 Å². The van der Waals surface area contributed by atoms with Gasteiger partial charge in [0.25, 0.3) is 11.8 Å². The van der Waals surface area contributed by atoms with Gasteiger partial charge < -0.3 is 19.5 Å². The molecule has 0 spiro atoms. The Balaban J connectivity index is 1.62. The number of nitrogens with one attached hydrogen (secondary N) is 1. The molecule has 0 unspecified atom stereocenters. The van der Waals surface area contributed by atoms with Gasteiger partial charge >= 0.3 is 0 Å². The molecule has 2 amide bonds. The molecule has 0 saturated carbocycles. The van der Waals surface area contributed by atoms with Gasteiger partial charge in [0.15, 0.2) is 0 Å². The number of pyridine rings is 1. The molecule has 36 heavy (non-hydrogen) atoms. The molecular weight excluding hydrogens is 454 g/mol. The third kappa shape index (κ3) is 6.25. The van der Waals surface area contributed by atoms with Crippen LogP contribution in [0.1, 0.15) is 78.1 Å². The number of rotatable bonds is 8. The van der Waals surface area contributed by atoms with Gasteiger partial charge in [0.2, 0.25) is 5.43 Å². The molecule has 4 rings (SSSR count). The minimum absolute atomic E-state index is 0.00145. The maximum Gasteiger partial charge on any atom is 0.259 e. The topological polar surface area (TPSA) is 80.6 Å². The molecule has 1 N–H and O–H groups in total. The first-order valence-electron chi connectivity index (χ1n) is 13.1. The first-order chi connectivity index (χ1) is 17.5. The predicted molar refractivity (Wildman–Crippen MR) is 141 cm³/mol. The van der Waals surface area contributed by atoms with Crippen molar-refractivity contribution in [1.29, 1.82) is 0 Å². The number of nitrogens with zero attached hydrogens (tertiary/aromatic N) is 2. The van der Waals surface area contributed by atoms with E-state index in [1.54, 1.807) is 29.0 Å². The van der Waals surface area contributed by atoms with Gasteiger partial charge in [-0.3, -0.25) is 14.4 Å². The maximum atomic E-state index is 13.4. The lowest BCUT2D eigenvalue weighted by molar-refractivity contribution is 0.0680. The largest absolute Gasteiger partial charge is 0.496 e. The summed E-state index contributed by atoms with van der Waals surface area (Å²) in [4.78, 5) is 41.7. The van der Waals surface area contributed by atoms with Gasteiger partial charge in [0.1, 0.15) is 16.9 Å². The summed E-state index contributed by atoms with van der Waals surface area (Å²) in [6, 6.07) is 7.60. The summed E-state index contributed by atoms with van der Waals surface area (Å²) in [5.41, 5.74) is 1.78. The number of hydrogen-bond acceptors (Lipinski definition) is 4. The fourth-order valence-electron chi connectivity index (χ4n) is 5.17. The highest BCUT2D eigenvalue weighted by atomic mass is 16.5. The number of carbonyl (C=O) groups excluding carboxylic acids is 2. The number of allylic oxidation sites excluding steroid dienone is 1. The molecule has 1 saturated heterocycles. The lowest BCUT2D eigenvalue weighted by Crippen LogP contribution is -2.42. The standard InChI is InChI=1S/C29H37N3O4/c1-21-9-8-16-32(17-21)29(35)25-20-31(18-23-12-6-7-13-26(23)36-2)19-24(27(25)33)28(34)30-15-14-22-10-4-3-5-11-22/h6-7,10,12-13,19-21H,3-5,8-9,11,14-18H2,1-2H3,(H,30,34)/t21-/m0/s1. The zero-order chi connectivity index (χ0) is 25.5. The molecule has 1 aliphatic heterocycles. The number of para-hydroxylation sites is 1. The third-order valence-electron chi connectivity index (χ3n) is 7.16. The average molecular weight is 492 g/mol. The normalized spacial score (nSPS) is 17.9. The molecule has 1 aromatic carbocycles. The van der Waals surface area contributed by atoms with E-state index in [1.165, 1.54) is 18.4 Å². The van der Waals surface area contributed by atoms with Gasteiger partial charge in [-0.15, -0.1) is 0 Å². The van der Waals surface area contributed by atoms with Crippen LogP contribution in [0.3, 0.4) is 0 Å². The van der Waals surface area contributed by atoms with Crippen LogP contribution in [0.4, 0.5) is 0 Å². The summed E-state index contributed by atoms with van der Waals surface area (Å²) in [5, 5.41) is 2.91. The third-order valence-corrected chi connectivity index (χ3v) is 7.16. The molecule has 1 aromatic heterocycles. The van der Waals surface area contributed by atoms with Crippen molar-refractivity contribution in [3.05, 3.63) is 75.2 Å². The van der Waals surface area contributed by atoms with E-state index in [0.29, 0.717) is 37.8 Å². The van der Waals surface area contributed by atoms with E-state index in [9.17, 15) is 14.4 Å². The molecule has 2 heterocycles. The first-order valence-corrected chi connectivity index (χ1v) is 13.1. The van der Waals surface area contributed by atoms with Gasteiger partial charge in [0.05, 0.1) is 13.7 Å². The van der Waals surface area contributed by atoms with Crippen molar-refractivity contribution >= 4 is 11.8 Å². The van der Waals surface area contributed by atoms with Crippen LogP contribution in [0, 0.1) is 5.92 Å². The number of amides is 2. The molecule has 2 aliphatic rings. The van der Waals surface area contributed by atoms with Crippen molar-refractivity contribution in [3.8, 4) is 5.75 Å².